The van der Waals surface area contributed by atoms with Crippen LogP contribution in [0.25, 0.3) is 0 Å². The van der Waals surface area contributed by atoms with Crippen molar-refractivity contribution in [2.45, 2.75) is 32.9 Å². The van der Waals surface area contributed by atoms with Gasteiger partial charge in [-0.25, -0.2) is 4.39 Å². The highest BCUT2D eigenvalue weighted by molar-refractivity contribution is 5.72. The average molecular weight is 268 g/mol. The second kappa shape index (κ2) is 7.21. The monoisotopic (exact) mass is 268 g/mol. The zero-order chi connectivity index (χ0) is 14.4. The number of amides is 1. The number of aliphatic hydroxyl groups excluding tert-OH is 1. The Morgan fingerprint density at radius 3 is 2.68 bits per heavy atom. The quantitative estimate of drug-likeness (QED) is 0.681. The molecular formula is C14H21FN2O2. The summed E-state index contributed by atoms with van der Waals surface area (Å²) in [7, 11) is 0. The summed E-state index contributed by atoms with van der Waals surface area (Å²) in [6.07, 6.45) is -0.711. The lowest BCUT2D eigenvalue weighted by Gasteiger charge is -2.21. The molecule has 0 bridgehead atoms. The highest BCUT2D eigenvalue weighted by Crippen LogP contribution is 2.19. The minimum absolute atomic E-state index is 0.0795. The number of carbonyl (C=O) groups is 1. The first-order valence-corrected chi connectivity index (χ1v) is 6.33. The first-order valence-electron chi connectivity index (χ1n) is 6.33. The smallest absolute Gasteiger partial charge is 0.216 e. The normalized spacial score (nSPS) is 13.9. The van der Waals surface area contributed by atoms with Gasteiger partial charge in [0.2, 0.25) is 5.91 Å². The van der Waals surface area contributed by atoms with E-state index in [9.17, 15) is 14.3 Å². The van der Waals surface area contributed by atoms with E-state index in [1.807, 2.05) is 6.92 Å². The molecule has 0 aliphatic carbocycles. The van der Waals surface area contributed by atoms with Crippen LogP contribution in [0, 0.1) is 12.7 Å². The van der Waals surface area contributed by atoms with Crippen LogP contribution in [0.3, 0.4) is 0 Å². The van der Waals surface area contributed by atoms with Crippen molar-refractivity contribution >= 4 is 5.91 Å². The van der Waals surface area contributed by atoms with Gasteiger partial charge in [0.25, 0.3) is 0 Å². The molecule has 2 unspecified atom stereocenters. The van der Waals surface area contributed by atoms with Gasteiger partial charge in [0, 0.05) is 26.1 Å². The molecule has 3 N–H and O–H groups in total. The van der Waals surface area contributed by atoms with Crippen LogP contribution in [-0.2, 0) is 4.79 Å². The van der Waals surface area contributed by atoms with Crippen molar-refractivity contribution in [1.82, 2.24) is 10.6 Å². The molecule has 4 nitrogen and oxygen atoms in total. The molecule has 1 amide bonds. The van der Waals surface area contributed by atoms with E-state index >= 15 is 0 Å². The third kappa shape index (κ3) is 4.96. The lowest BCUT2D eigenvalue weighted by Crippen LogP contribution is -2.38. The van der Waals surface area contributed by atoms with Gasteiger partial charge in [-0.05, 0) is 31.0 Å². The summed E-state index contributed by atoms with van der Waals surface area (Å²) in [5.41, 5.74) is 1.19. The van der Waals surface area contributed by atoms with Crippen molar-refractivity contribution in [2.75, 3.05) is 13.1 Å². The molecule has 0 fully saturated rings. The lowest BCUT2D eigenvalue weighted by atomic mass is 10.0. The fourth-order valence-electron chi connectivity index (χ4n) is 1.79. The number of hydrogen-bond acceptors (Lipinski definition) is 3. The Morgan fingerprint density at radius 1 is 1.42 bits per heavy atom. The predicted molar refractivity (Wildman–Crippen MR) is 72.2 cm³/mol. The molecule has 1 aromatic rings. The fraction of sp³-hybridized carbons (Fsp3) is 0.500. The van der Waals surface area contributed by atoms with Crippen molar-refractivity contribution in [3.05, 3.63) is 35.1 Å². The van der Waals surface area contributed by atoms with Crippen molar-refractivity contribution in [1.29, 1.82) is 0 Å². The summed E-state index contributed by atoms with van der Waals surface area (Å²) in [6.45, 7) is 6.05. The van der Waals surface area contributed by atoms with Crippen LogP contribution in [0.4, 0.5) is 4.39 Å². The molecule has 0 saturated heterocycles. The zero-order valence-electron chi connectivity index (χ0n) is 11.5. The number of benzene rings is 1. The largest absolute Gasteiger partial charge is 0.387 e. The molecule has 1 aromatic carbocycles. The molecule has 5 heteroatoms. The second-order valence-electron chi connectivity index (χ2n) is 4.68. The minimum atomic E-state index is -0.711. The Morgan fingerprint density at radius 2 is 2.11 bits per heavy atom. The molecule has 0 heterocycles. The van der Waals surface area contributed by atoms with Gasteiger partial charge in [-0.1, -0.05) is 12.1 Å². The maximum atomic E-state index is 13.1. The fourth-order valence-corrected chi connectivity index (χ4v) is 1.79. The van der Waals surface area contributed by atoms with Crippen molar-refractivity contribution in [3.8, 4) is 0 Å². The Labute approximate surface area is 113 Å². The maximum Gasteiger partial charge on any atom is 0.216 e. The SMILES string of the molecule is CC(=O)NCCNC(C)C(O)c1ccc(F)c(C)c1. The maximum absolute atomic E-state index is 13.1. The third-order valence-electron chi connectivity index (χ3n) is 2.96. The van der Waals surface area contributed by atoms with Crippen molar-refractivity contribution in [2.24, 2.45) is 0 Å². The molecule has 0 saturated carbocycles. The molecular weight excluding hydrogens is 247 g/mol. The van der Waals surface area contributed by atoms with Crippen molar-refractivity contribution in [3.63, 3.8) is 0 Å². The first kappa shape index (κ1) is 15.6. The summed E-state index contributed by atoms with van der Waals surface area (Å²) in [5.74, 6) is -0.355. The van der Waals surface area contributed by atoms with E-state index in [-0.39, 0.29) is 17.8 Å². The Balaban J connectivity index is 2.49. The van der Waals surface area contributed by atoms with E-state index in [2.05, 4.69) is 10.6 Å². The van der Waals surface area contributed by atoms with E-state index in [1.165, 1.54) is 13.0 Å². The molecule has 2 atom stereocenters. The molecule has 0 radical (unpaired) electrons. The first-order chi connectivity index (χ1) is 8.91. The summed E-state index contributed by atoms with van der Waals surface area (Å²) < 4.78 is 13.1. The van der Waals surface area contributed by atoms with Crippen LogP contribution < -0.4 is 10.6 Å². The molecule has 19 heavy (non-hydrogen) atoms. The number of halogens is 1. The van der Waals surface area contributed by atoms with Gasteiger partial charge < -0.3 is 15.7 Å². The van der Waals surface area contributed by atoms with Crippen LogP contribution in [0.5, 0.6) is 0 Å². The highest BCUT2D eigenvalue weighted by atomic mass is 19.1. The molecule has 0 aliphatic rings. The second-order valence-corrected chi connectivity index (χ2v) is 4.68. The zero-order valence-corrected chi connectivity index (χ0v) is 11.5. The van der Waals surface area contributed by atoms with Crippen LogP contribution in [-0.4, -0.2) is 30.1 Å². The number of hydrogen-bond donors (Lipinski definition) is 3. The number of aryl methyl sites for hydroxylation is 1. The standard InChI is InChI=1S/C14H21FN2O2/c1-9-8-12(4-5-13(9)15)14(19)10(2)16-6-7-17-11(3)18/h4-5,8,10,14,16,19H,6-7H2,1-3H3,(H,17,18). The number of carbonyl (C=O) groups excluding carboxylic acids is 1. The summed E-state index contributed by atoms with van der Waals surface area (Å²) in [4.78, 5) is 10.7. The summed E-state index contributed by atoms with van der Waals surface area (Å²) in [6, 6.07) is 4.40. The molecule has 106 valence electrons. The van der Waals surface area contributed by atoms with Gasteiger partial charge >= 0.3 is 0 Å². The lowest BCUT2D eigenvalue weighted by molar-refractivity contribution is -0.118. The van der Waals surface area contributed by atoms with Gasteiger partial charge in [-0.15, -0.1) is 0 Å². The van der Waals surface area contributed by atoms with E-state index in [0.717, 1.165) is 0 Å². The van der Waals surface area contributed by atoms with Crippen molar-refractivity contribution < 1.29 is 14.3 Å². The van der Waals surface area contributed by atoms with Gasteiger partial charge in [0.05, 0.1) is 6.10 Å². The minimum Gasteiger partial charge on any atom is -0.387 e. The molecule has 1 rings (SSSR count). The number of nitrogens with one attached hydrogen (secondary N) is 2. The predicted octanol–water partition coefficient (Wildman–Crippen LogP) is 1.28. The summed E-state index contributed by atoms with van der Waals surface area (Å²) >= 11 is 0. The van der Waals surface area contributed by atoms with E-state index in [4.69, 9.17) is 0 Å². The molecule has 0 spiro atoms. The Hall–Kier alpha value is -1.46. The van der Waals surface area contributed by atoms with Crippen LogP contribution in [0.2, 0.25) is 0 Å². The highest BCUT2D eigenvalue weighted by Gasteiger charge is 2.16. The van der Waals surface area contributed by atoms with Gasteiger partial charge in [-0.2, -0.15) is 0 Å². The number of aliphatic hydroxyl groups is 1. The van der Waals surface area contributed by atoms with E-state index in [0.29, 0.717) is 24.2 Å². The van der Waals surface area contributed by atoms with E-state index in [1.54, 1.807) is 19.1 Å². The van der Waals surface area contributed by atoms with Crippen LogP contribution >= 0.6 is 0 Å². The third-order valence-corrected chi connectivity index (χ3v) is 2.96. The van der Waals surface area contributed by atoms with Gasteiger partial charge in [0.1, 0.15) is 5.82 Å². The average Bonchev–Trinajstić information content (AvgIpc) is 2.36. The van der Waals surface area contributed by atoms with Crippen LogP contribution in [0.1, 0.15) is 31.1 Å². The number of rotatable bonds is 6. The Bertz CT molecular complexity index is 437. The molecule has 0 aromatic heterocycles. The summed E-state index contributed by atoms with van der Waals surface area (Å²) in [5, 5.41) is 15.9. The van der Waals surface area contributed by atoms with E-state index < -0.39 is 6.10 Å². The van der Waals surface area contributed by atoms with Crippen LogP contribution in [0.15, 0.2) is 18.2 Å². The Kier molecular flexibility index (Phi) is 5.92. The van der Waals surface area contributed by atoms with Gasteiger partial charge in [0.15, 0.2) is 0 Å². The molecule has 0 aliphatic heterocycles. The van der Waals surface area contributed by atoms with Gasteiger partial charge in [-0.3, -0.25) is 4.79 Å². The topological polar surface area (TPSA) is 61.4 Å².